The molecule has 4 fully saturated rings. The lowest BCUT2D eigenvalue weighted by Gasteiger charge is -2.55. The third kappa shape index (κ3) is 3.65. The number of halogens is 3. The van der Waals surface area contributed by atoms with E-state index < -0.39 is 44.1 Å². The molecule has 0 heterocycles. The lowest BCUT2D eigenvalue weighted by atomic mass is 9.49. The van der Waals surface area contributed by atoms with Crippen molar-refractivity contribution in [3.8, 4) is 0 Å². The molecular weight excluding hydrogens is 409 g/mol. The number of carbonyl (C=O) groups excluding carboxylic acids is 1. The summed E-state index contributed by atoms with van der Waals surface area (Å²) in [5.74, 6) is -0.138. The second-order valence-electron chi connectivity index (χ2n) is 9.07. The maximum Gasteiger partial charge on any atom is 0.427 e. The van der Waals surface area contributed by atoms with Crippen LogP contribution in [-0.2, 0) is 19.6 Å². The molecular formula is C20H27F3O5S. The van der Waals surface area contributed by atoms with Crippen LogP contribution in [0.3, 0.4) is 0 Å². The number of carbonyl (C=O) groups is 1. The van der Waals surface area contributed by atoms with Gasteiger partial charge in [0.1, 0.15) is 0 Å². The van der Waals surface area contributed by atoms with Crippen LogP contribution in [0.25, 0.3) is 0 Å². The molecule has 1 N–H and O–H groups in total. The van der Waals surface area contributed by atoms with Crippen molar-refractivity contribution in [2.24, 2.45) is 23.2 Å². The van der Waals surface area contributed by atoms with Gasteiger partial charge in [0.25, 0.3) is 10.1 Å². The Balaban J connectivity index is 2.02. The maximum atomic E-state index is 14.0. The number of hydrogen-bond donors (Lipinski definition) is 1. The molecule has 29 heavy (non-hydrogen) atoms. The lowest BCUT2D eigenvalue weighted by Crippen LogP contribution is -2.59. The molecule has 0 spiro atoms. The van der Waals surface area contributed by atoms with Crippen molar-refractivity contribution >= 4 is 16.1 Å². The molecule has 9 heteroatoms. The summed E-state index contributed by atoms with van der Waals surface area (Å²) in [5, 5.41) is 0. The molecule has 4 bridgehead atoms. The molecule has 4 saturated carbocycles. The Kier molecular flexibility index (Phi) is 5.48. The molecule has 0 aromatic heterocycles. The Labute approximate surface area is 169 Å². The number of esters is 1. The van der Waals surface area contributed by atoms with Gasteiger partial charge in [0, 0.05) is 0 Å². The Hall–Kier alpha value is -1.35. The minimum atomic E-state index is -5.36. The highest BCUT2D eigenvalue weighted by molar-refractivity contribution is 7.87. The summed E-state index contributed by atoms with van der Waals surface area (Å²) in [6, 6.07) is 0. The number of alkyl halides is 3. The van der Waals surface area contributed by atoms with Crippen molar-refractivity contribution in [1.82, 2.24) is 0 Å². The van der Waals surface area contributed by atoms with Gasteiger partial charge in [-0.1, -0.05) is 18.7 Å². The van der Waals surface area contributed by atoms with Crippen molar-refractivity contribution in [3.05, 3.63) is 24.3 Å². The van der Waals surface area contributed by atoms with Gasteiger partial charge in [-0.3, -0.25) is 9.35 Å². The summed E-state index contributed by atoms with van der Waals surface area (Å²) >= 11 is 0. The van der Waals surface area contributed by atoms with Gasteiger partial charge in [0.05, 0.1) is 5.41 Å². The smallest absolute Gasteiger partial charge is 0.427 e. The summed E-state index contributed by atoms with van der Waals surface area (Å²) in [5.41, 5.74) is -1.49. The van der Waals surface area contributed by atoms with E-state index in [1.807, 2.05) is 0 Å². The molecule has 0 saturated heterocycles. The van der Waals surface area contributed by atoms with Gasteiger partial charge < -0.3 is 4.74 Å². The molecule has 5 nitrogen and oxygen atoms in total. The normalized spacial score (nSPS) is 34.8. The standard InChI is InChI=1S/C20H27F3O5S/c1-4-5-19(12(2)3,29(25,26)27)16(20(21,22)23)28-17(24)18-9-13-6-14(10-18)8-15(7-13)11-18/h4-5,13-16H,2,6-11H2,1,3H3,(H,25,26,27)/b5-4+. The van der Waals surface area contributed by atoms with E-state index >= 15 is 0 Å². The van der Waals surface area contributed by atoms with Crippen LogP contribution in [-0.4, -0.2) is 36.0 Å². The van der Waals surface area contributed by atoms with Crippen LogP contribution in [0.1, 0.15) is 52.4 Å². The molecule has 0 aromatic carbocycles. The molecule has 0 radical (unpaired) electrons. The molecule has 164 valence electrons. The van der Waals surface area contributed by atoms with Crippen LogP contribution in [0.15, 0.2) is 24.3 Å². The molecule has 0 aromatic rings. The molecule has 2 unspecified atom stereocenters. The topological polar surface area (TPSA) is 80.7 Å². The predicted molar refractivity (Wildman–Crippen MR) is 100 cm³/mol. The first-order chi connectivity index (χ1) is 13.2. The summed E-state index contributed by atoms with van der Waals surface area (Å²) in [4.78, 5) is 13.1. The lowest BCUT2D eigenvalue weighted by molar-refractivity contribution is -0.235. The van der Waals surface area contributed by atoms with Crippen LogP contribution in [0, 0.1) is 23.2 Å². The third-order valence-electron chi connectivity index (χ3n) is 6.89. The molecule has 4 aliphatic carbocycles. The largest absolute Gasteiger partial charge is 0.450 e. The van der Waals surface area contributed by atoms with Crippen molar-refractivity contribution in [2.75, 3.05) is 0 Å². The maximum absolute atomic E-state index is 14.0. The van der Waals surface area contributed by atoms with Crippen molar-refractivity contribution < 1.29 is 35.7 Å². The molecule has 0 aliphatic heterocycles. The van der Waals surface area contributed by atoms with E-state index in [-0.39, 0.29) is 0 Å². The molecule has 4 rings (SSSR count). The number of allylic oxidation sites excluding steroid dienone is 1. The van der Waals surface area contributed by atoms with Gasteiger partial charge in [-0.25, -0.2) is 0 Å². The number of rotatable bonds is 6. The van der Waals surface area contributed by atoms with Crippen LogP contribution in [0.4, 0.5) is 13.2 Å². The summed E-state index contributed by atoms with van der Waals surface area (Å²) in [7, 11) is -5.36. The Morgan fingerprint density at radius 3 is 1.93 bits per heavy atom. The zero-order valence-corrected chi connectivity index (χ0v) is 17.4. The zero-order valence-electron chi connectivity index (χ0n) is 16.5. The number of hydrogen-bond acceptors (Lipinski definition) is 4. The summed E-state index contributed by atoms with van der Waals surface area (Å²) in [6.45, 7) is 5.74. The van der Waals surface area contributed by atoms with Crippen LogP contribution in [0.2, 0.25) is 0 Å². The first kappa shape index (κ1) is 22.3. The van der Waals surface area contributed by atoms with Crippen molar-refractivity contribution in [3.63, 3.8) is 0 Å². The second-order valence-corrected chi connectivity index (χ2v) is 10.7. The highest BCUT2D eigenvalue weighted by Crippen LogP contribution is 2.60. The van der Waals surface area contributed by atoms with Crippen molar-refractivity contribution in [1.29, 1.82) is 0 Å². The zero-order chi connectivity index (χ0) is 21.8. The summed E-state index contributed by atoms with van der Waals surface area (Å²) < 4.78 is 78.2. The van der Waals surface area contributed by atoms with Crippen LogP contribution < -0.4 is 0 Å². The van der Waals surface area contributed by atoms with Crippen molar-refractivity contribution in [2.45, 2.75) is 69.4 Å². The van der Waals surface area contributed by atoms with E-state index in [1.165, 1.54) is 6.92 Å². The summed E-state index contributed by atoms with van der Waals surface area (Å²) in [6.07, 6.45) is -2.20. The average Bonchev–Trinajstić information content (AvgIpc) is 2.54. The third-order valence-corrected chi connectivity index (χ3v) is 8.44. The van der Waals surface area contributed by atoms with E-state index in [0.29, 0.717) is 43.1 Å². The Bertz CT molecular complexity index is 794. The van der Waals surface area contributed by atoms with Gasteiger partial charge in [-0.05, 0) is 75.7 Å². The Morgan fingerprint density at radius 1 is 1.17 bits per heavy atom. The van der Waals surface area contributed by atoms with Gasteiger partial charge in [0.15, 0.2) is 4.75 Å². The SMILES string of the molecule is C=C(C)C(/C=C/C)(C(OC(=O)C12CC3CC(CC(C3)C1)C2)C(F)(F)F)S(=O)(=O)O. The second kappa shape index (κ2) is 7.11. The fourth-order valence-electron chi connectivity index (χ4n) is 6.13. The van der Waals surface area contributed by atoms with Crippen LogP contribution >= 0.6 is 0 Å². The average molecular weight is 436 g/mol. The fraction of sp³-hybridized carbons (Fsp3) is 0.750. The molecule has 2 atom stereocenters. The van der Waals surface area contributed by atoms with Gasteiger partial charge in [-0.2, -0.15) is 21.6 Å². The highest BCUT2D eigenvalue weighted by atomic mass is 32.2. The Morgan fingerprint density at radius 2 is 1.62 bits per heavy atom. The fourth-order valence-corrected chi connectivity index (χ4v) is 7.33. The van der Waals surface area contributed by atoms with E-state index in [4.69, 9.17) is 4.74 Å². The highest BCUT2D eigenvalue weighted by Gasteiger charge is 2.64. The monoisotopic (exact) mass is 436 g/mol. The quantitative estimate of drug-likeness (QED) is 0.378. The van der Waals surface area contributed by atoms with E-state index in [2.05, 4.69) is 6.58 Å². The van der Waals surface area contributed by atoms with Gasteiger partial charge in [0.2, 0.25) is 6.10 Å². The first-order valence-corrected chi connectivity index (χ1v) is 11.2. The van der Waals surface area contributed by atoms with E-state index in [1.54, 1.807) is 0 Å². The van der Waals surface area contributed by atoms with Gasteiger partial charge >= 0.3 is 12.1 Å². The number of ether oxygens (including phenoxy) is 1. The minimum Gasteiger partial charge on any atom is -0.450 e. The molecule has 0 amide bonds. The minimum absolute atomic E-state index is 0.293. The molecule has 4 aliphatic rings. The van der Waals surface area contributed by atoms with E-state index in [0.717, 1.165) is 32.3 Å². The van der Waals surface area contributed by atoms with Crippen LogP contribution in [0.5, 0.6) is 0 Å². The first-order valence-electron chi connectivity index (χ1n) is 9.80. The van der Waals surface area contributed by atoms with Gasteiger partial charge in [-0.15, -0.1) is 0 Å². The predicted octanol–water partition coefficient (Wildman–Crippen LogP) is 4.46. The van der Waals surface area contributed by atoms with E-state index in [9.17, 15) is 30.9 Å².